The molecule has 16 heavy (non-hydrogen) atoms. The number of fused-ring (bicyclic) bond motifs is 1. The van der Waals surface area contributed by atoms with E-state index in [0.717, 1.165) is 29.6 Å². The first kappa shape index (κ1) is 12.4. The molecule has 0 aromatic carbocycles. The second-order valence-corrected chi connectivity index (χ2v) is 3.33. The highest BCUT2D eigenvalue weighted by atomic mass is 16.1. The van der Waals surface area contributed by atoms with Gasteiger partial charge in [0.2, 0.25) is 0 Å². The molecule has 0 unspecified atom stereocenters. The molecule has 2 heterocycles. The normalized spacial score (nSPS) is 9.75. The van der Waals surface area contributed by atoms with E-state index in [-0.39, 0.29) is 0 Å². The van der Waals surface area contributed by atoms with E-state index >= 15 is 0 Å². The van der Waals surface area contributed by atoms with Gasteiger partial charge in [-0.3, -0.25) is 4.79 Å². The Hall–Kier alpha value is -1.64. The minimum Gasteiger partial charge on any atom is -0.298 e. The summed E-state index contributed by atoms with van der Waals surface area (Å²) in [5.41, 5.74) is 3.66. The minimum absolute atomic E-state index is 0.697. The number of aldehydes is 1. The molecule has 0 radical (unpaired) electrons. The quantitative estimate of drug-likeness (QED) is 0.726. The van der Waals surface area contributed by atoms with E-state index in [0.29, 0.717) is 5.56 Å². The van der Waals surface area contributed by atoms with Crippen molar-refractivity contribution < 1.29 is 4.79 Å². The van der Waals surface area contributed by atoms with Crippen LogP contribution in [-0.2, 0) is 6.42 Å². The van der Waals surface area contributed by atoms with Crippen LogP contribution in [0.25, 0.3) is 5.52 Å². The Morgan fingerprint density at radius 2 is 2.06 bits per heavy atom. The van der Waals surface area contributed by atoms with Gasteiger partial charge in [-0.2, -0.15) is 5.10 Å². The Morgan fingerprint density at radius 3 is 2.62 bits per heavy atom. The largest absolute Gasteiger partial charge is 0.298 e. The van der Waals surface area contributed by atoms with Crippen LogP contribution in [-0.4, -0.2) is 15.9 Å². The number of carbonyl (C=O) groups excluding carboxylic acids is 1. The molecule has 0 aliphatic rings. The van der Waals surface area contributed by atoms with Crippen molar-refractivity contribution in [1.82, 2.24) is 9.61 Å². The number of nitrogens with zero attached hydrogens (tertiary/aromatic N) is 2. The lowest BCUT2D eigenvalue weighted by atomic mass is 10.2. The van der Waals surface area contributed by atoms with Crippen LogP contribution in [0.1, 0.15) is 42.5 Å². The van der Waals surface area contributed by atoms with Crippen LogP contribution in [0, 0.1) is 6.92 Å². The lowest BCUT2D eigenvalue weighted by Crippen LogP contribution is -1.96. The Bertz CT molecular complexity index is 486. The van der Waals surface area contributed by atoms with Gasteiger partial charge in [0.05, 0.1) is 11.2 Å². The number of carbonyl (C=O) groups is 1. The highest BCUT2D eigenvalue weighted by molar-refractivity contribution is 5.86. The number of aromatic nitrogens is 2. The summed E-state index contributed by atoms with van der Waals surface area (Å²) in [5.74, 6) is 0. The molecule has 0 amide bonds. The molecular formula is C13H18N2O. The maximum atomic E-state index is 10.8. The van der Waals surface area contributed by atoms with Gasteiger partial charge in [0.25, 0.3) is 0 Å². The van der Waals surface area contributed by atoms with Gasteiger partial charge in [-0.25, -0.2) is 4.52 Å². The Labute approximate surface area is 96.1 Å². The molecule has 2 aromatic rings. The smallest absolute Gasteiger partial charge is 0.152 e. The summed E-state index contributed by atoms with van der Waals surface area (Å²) < 4.78 is 1.82. The Kier molecular flexibility index (Phi) is 4.23. The van der Waals surface area contributed by atoms with Crippen LogP contribution in [0.5, 0.6) is 0 Å². The number of aryl methyl sites for hydroxylation is 2. The zero-order chi connectivity index (χ0) is 12.1. The van der Waals surface area contributed by atoms with E-state index in [4.69, 9.17) is 0 Å². The number of hydrogen-bond acceptors (Lipinski definition) is 2. The Morgan fingerprint density at radius 1 is 1.38 bits per heavy atom. The third-order valence-corrected chi connectivity index (χ3v) is 2.38. The molecule has 86 valence electrons. The van der Waals surface area contributed by atoms with Gasteiger partial charge in [-0.1, -0.05) is 20.8 Å². The average Bonchev–Trinajstić information content (AvgIpc) is 2.77. The van der Waals surface area contributed by atoms with Crippen LogP contribution in [0.2, 0.25) is 0 Å². The molecule has 0 N–H and O–H groups in total. The molecule has 0 fully saturated rings. The van der Waals surface area contributed by atoms with Gasteiger partial charge in [0.1, 0.15) is 0 Å². The maximum absolute atomic E-state index is 10.8. The lowest BCUT2D eigenvalue weighted by Gasteiger charge is -1.99. The summed E-state index contributed by atoms with van der Waals surface area (Å²) in [6, 6.07) is 5.71. The summed E-state index contributed by atoms with van der Waals surface area (Å²) in [5, 5.41) is 4.40. The van der Waals surface area contributed by atoms with Crippen molar-refractivity contribution in [2.45, 2.75) is 34.1 Å². The standard InChI is InChI=1S/C11H12N2O.C2H6/c1-3-10-6-11-9(7-14)5-4-8(2)13(11)12-10;1-2/h4-7H,3H2,1-2H3;1-2H3. The van der Waals surface area contributed by atoms with Gasteiger partial charge >= 0.3 is 0 Å². The number of pyridine rings is 1. The van der Waals surface area contributed by atoms with E-state index in [2.05, 4.69) is 12.0 Å². The molecule has 0 atom stereocenters. The number of rotatable bonds is 2. The van der Waals surface area contributed by atoms with Crippen molar-refractivity contribution in [1.29, 1.82) is 0 Å². The third-order valence-electron chi connectivity index (χ3n) is 2.38. The molecule has 0 spiro atoms. The lowest BCUT2D eigenvalue weighted by molar-refractivity contribution is 0.112. The maximum Gasteiger partial charge on any atom is 0.152 e. The van der Waals surface area contributed by atoms with Crippen molar-refractivity contribution >= 4 is 11.8 Å². The Balaban J connectivity index is 0.000000606. The zero-order valence-corrected chi connectivity index (χ0v) is 10.3. The molecule has 2 aromatic heterocycles. The average molecular weight is 218 g/mol. The zero-order valence-electron chi connectivity index (χ0n) is 10.3. The summed E-state index contributed by atoms with van der Waals surface area (Å²) in [6.07, 6.45) is 1.76. The van der Waals surface area contributed by atoms with E-state index < -0.39 is 0 Å². The second-order valence-electron chi connectivity index (χ2n) is 3.33. The van der Waals surface area contributed by atoms with Gasteiger partial charge in [0, 0.05) is 11.3 Å². The molecule has 0 aliphatic heterocycles. The fourth-order valence-corrected chi connectivity index (χ4v) is 1.54. The van der Waals surface area contributed by atoms with Crippen molar-refractivity contribution in [3.8, 4) is 0 Å². The van der Waals surface area contributed by atoms with Crippen molar-refractivity contribution in [2.24, 2.45) is 0 Å². The third kappa shape index (κ3) is 2.13. The highest BCUT2D eigenvalue weighted by Gasteiger charge is 2.05. The molecule has 3 nitrogen and oxygen atoms in total. The van der Waals surface area contributed by atoms with Crippen LogP contribution < -0.4 is 0 Å². The molecule has 0 aliphatic carbocycles. The van der Waals surface area contributed by atoms with Crippen molar-refractivity contribution in [3.63, 3.8) is 0 Å². The minimum atomic E-state index is 0.697. The van der Waals surface area contributed by atoms with Crippen LogP contribution in [0.3, 0.4) is 0 Å². The first-order chi connectivity index (χ1) is 7.76. The van der Waals surface area contributed by atoms with Crippen LogP contribution in [0.4, 0.5) is 0 Å². The van der Waals surface area contributed by atoms with E-state index in [1.165, 1.54) is 0 Å². The van der Waals surface area contributed by atoms with E-state index in [1.54, 1.807) is 0 Å². The molecule has 2 rings (SSSR count). The predicted octanol–water partition coefficient (Wildman–Crippen LogP) is 3.04. The summed E-state index contributed by atoms with van der Waals surface area (Å²) in [6.45, 7) is 8.03. The van der Waals surface area contributed by atoms with E-state index in [9.17, 15) is 4.79 Å². The predicted molar refractivity (Wildman–Crippen MR) is 66.0 cm³/mol. The topological polar surface area (TPSA) is 34.4 Å². The van der Waals surface area contributed by atoms with E-state index in [1.807, 2.05) is 43.5 Å². The van der Waals surface area contributed by atoms with Crippen molar-refractivity contribution in [3.05, 3.63) is 35.2 Å². The van der Waals surface area contributed by atoms with Crippen molar-refractivity contribution in [2.75, 3.05) is 0 Å². The highest BCUT2D eigenvalue weighted by Crippen LogP contribution is 2.13. The molecule has 0 saturated heterocycles. The molecule has 3 heteroatoms. The summed E-state index contributed by atoms with van der Waals surface area (Å²) in [7, 11) is 0. The molecular weight excluding hydrogens is 200 g/mol. The van der Waals surface area contributed by atoms with Gasteiger partial charge in [-0.05, 0) is 31.5 Å². The van der Waals surface area contributed by atoms with Gasteiger partial charge in [0.15, 0.2) is 6.29 Å². The van der Waals surface area contributed by atoms with Crippen LogP contribution in [0.15, 0.2) is 18.2 Å². The fraction of sp³-hybridized carbons (Fsp3) is 0.385. The summed E-state index contributed by atoms with van der Waals surface area (Å²) in [4.78, 5) is 10.8. The monoisotopic (exact) mass is 218 g/mol. The first-order valence-electron chi connectivity index (χ1n) is 5.69. The SMILES string of the molecule is CC.CCc1cc2c(C=O)ccc(C)n2n1. The summed E-state index contributed by atoms with van der Waals surface area (Å²) >= 11 is 0. The number of hydrogen-bond donors (Lipinski definition) is 0. The van der Waals surface area contributed by atoms with Gasteiger partial charge in [-0.15, -0.1) is 0 Å². The molecule has 0 saturated carbocycles. The first-order valence-corrected chi connectivity index (χ1v) is 5.69. The van der Waals surface area contributed by atoms with Crippen LogP contribution >= 0.6 is 0 Å². The van der Waals surface area contributed by atoms with Gasteiger partial charge < -0.3 is 0 Å². The molecule has 0 bridgehead atoms. The fourth-order valence-electron chi connectivity index (χ4n) is 1.54. The second kappa shape index (κ2) is 5.45.